The Balaban J connectivity index is 1.96. The first-order valence-electron chi connectivity index (χ1n) is 7.44. The molecule has 1 aliphatic rings. The van der Waals surface area contributed by atoms with Crippen molar-refractivity contribution in [2.75, 3.05) is 20.2 Å². The fraction of sp³-hybridized carbons (Fsp3) is 0.471. The number of carbonyl (C=O) groups is 1. The number of benzene rings is 1. The predicted molar refractivity (Wildman–Crippen MR) is 83.0 cm³/mol. The minimum Gasteiger partial charge on any atom is -0.478 e. The molecule has 0 amide bonds. The lowest BCUT2D eigenvalue weighted by molar-refractivity contribution is -0.131. The lowest BCUT2D eigenvalue weighted by Crippen LogP contribution is -2.33. The number of hydrogen-bond acceptors (Lipinski definition) is 3. The van der Waals surface area contributed by atoms with E-state index in [2.05, 4.69) is 11.9 Å². The van der Waals surface area contributed by atoms with Crippen molar-refractivity contribution in [1.82, 2.24) is 4.90 Å². The molecule has 1 atom stereocenters. The number of carboxylic acid groups (broad SMARTS) is 1. The van der Waals surface area contributed by atoms with Gasteiger partial charge in [-0.05, 0) is 43.5 Å². The van der Waals surface area contributed by atoms with Gasteiger partial charge in [-0.15, -0.1) is 0 Å². The van der Waals surface area contributed by atoms with Crippen LogP contribution < -0.4 is 0 Å². The topological polar surface area (TPSA) is 49.8 Å². The molecule has 0 aromatic heterocycles. The Morgan fingerprint density at radius 1 is 1.43 bits per heavy atom. The standard InChI is InChI=1S/C17H23NO3/c1-18(13-16-8-4-5-11-21-16)12-15-7-3-2-6-14(15)9-10-17(19)20/h2-3,6-7,9-10,16H,4-5,8,11-13H2,1H3,(H,19,20). The van der Waals surface area contributed by atoms with Gasteiger partial charge in [0.15, 0.2) is 0 Å². The zero-order valence-electron chi connectivity index (χ0n) is 12.5. The molecule has 0 aliphatic carbocycles. The van der Waals surface area contributed by atoms with Crippen LogP contribution in [0.3, 0.4) is 0 Å². The fourth-order valence-corrected chi connectivity index (χ4v) is 2.66. The summed E-state index contributed by atoms with van der Waals surface area (Å²) in [6.07, 6.45) is 6.71. The summed E-state index contributed by atoms with van der Waals surface area (Å²) in [5, 5.41) is 8.75. The van der Waals surface area contributed by atoms with Crippen molar-refractivity contribution < 1.29 is 14.6 Å². The molecule has 0 radical (unpaired) electrons. The van der Waals surface area contributed by atoms with Crippen LogP contribution in [0.15, 0.2) is 30.3 Å². The first-order valence-corrected chi connectivity index (χ1v) is 7.44. The molecule has 2 rings (SSSR count). The second kappa shape index (κ2) is 7.96. The van der Waals surface area contributed by atoms with E-state index in [1.165, 1.54) is 18.9 Å². The number of likely N-dealkylation sites (N-methyl/N-ethyl adjacent to an activating group) is 1. The Kier molecular flexibility index (Phi) is 5.96. The van der Waals surface area contributed by atoms with Gasteiger partial charge < -0.3 is 9.84 Å². The lowest BCUT2D eigenvalue weighted by Gasteiger charge is -2.27. The highest BCUT2D eigenvalue weighted by Crippen LogP contribution is 2.16. The molecule has 0 saturated carbocycles. The zero-order valence-corrected chi connectivity index (χ0v) is 12.5. The Bertz CT molecular complexity index is 493. The molecule has 1 fully saturated rings. The van der Waals surface area contributed by atoms with Gasteiger partial charge in [0.1, 0.15) is 0 Å². The van der Waals surface area contributed by atoms with Gasteiger partial charge in [0.25, 0.3) is 0 Å². The quantitative estimate of drug-likeness (QED) is 0.818. The van der Waals surface area contributed by atoms with E-state index in [1.807, 2.05) is 24.3 Å². The molecule has 4 nitrogen and oxygen atoms in total. The van der Waals surface area contributed by atoms with Crippen LogP contribution >= 0.6 is 0 Å². The fourth-order valence-electron chi connectivity index (χ4n) is 2.66. The third-order valence-corrected chi connectivity index (χ3v) is 3.69. The van der Waals surface area contributed by atoms with Crippen LogP contribution in [0.25, 0.3) is 6.08 Å². The lowest BCUT2D eigenvalue weighted by atomic mass is 10.1. The Morgan fingerprint density at radius 3 is 2.95 bits per heavy atom. The molecule has 4 heteroatoms. The van der Waals surface area contributed by atoms with Gasteiger partial charge in [0.05, 0.1) is 6.10 Å². The van der Waals surface area contributed by atoms with Crippen LogP contribution in [0, 0.1) is 0 Å². The van der Waals surface area contributed by atoms with Crippen LogP contribution in [-0.2, 0) is 16.1 Å². The first-order chi connectivity index (χ1) is 10.1. The smallest absolute Gasteiger partial charge is 0.328 e. The van der Waals surface area contributed by atoms with Crippen molar-refractivity contribution in [3.8, 4) is 0 Å². The first kappa shape index (κ1) is 15.7. The largest absolute Gasteiger partial charge is 0.478 e. The average molecular weight is 289 g/mol. The summed E-state index contributed by atoms with van der Waals surface area (Å²) in [7, 11) is 2.08. The van der Waals surface area contributed by atoms with Crippen molar-refractivity contribution in [3.05, 3.63) is 41.5 Å². The SMILES string of the molecule is CN(Cc1ccccc1C=CC(=O)O)CC1CCCCO1. The molecule has 1 unspecified atom stereocenters. The van der Waals surface area contributed by atoms with Crippen molar-refractivity contribution in [2.24, 2.45) is 0 Å². The summed E-state index contributed by atoms with van der Waals surface area (Å²) in [6, 6.07) is 7.90. The van der Waals surface area contributed by atoms with Gasteiger partial charge in [0, 0.05) is 25.8 Å². The van der Waals surface area contributed by atoms with Crippen molar-refractivity contribution in [1.29, 1.82) is 0 Å². The van der Waals surface area contributed by atoms with Crippen LogP contribution in [-0.4, -0.2) is 42.3 Å². The van der Waals surface area contributed by atoms with E-state index in [-0.39, 0.29) is 0 Å². The number of aliphatic carboxylic acids is 1. The van der Waals surface area contributed by atoms with Crippen molar-refractivity contribution >= 4 is 12.0 Å². The minimum absolute atomic E-state index is 0.325. The summed E-state index contributed by atoms with van der Waals surface area (Å²) >= 11 is 0. The van der Waals surface area contributed by atoms with E-state index in [1.54, 1.807) is 6.08 Å². The highest BCUT2D eigenvalue weighted by Gasteiger charge is 2.16. The third-order valence-electron chi connectivity index (χ3n) is 3.69. The number of carboxylic acids is 1. The molecular formula is C17H23NO3. The molecule has 0 bridgehead atoms. The third kappa shape index (κ3) is 5.33. The molecular weight excluding hydrogens is 266 g/mol. The Labute approximate surface area is 126 Å². The monoisotopic (exact) mass is 289 g/mol. The van der Waals surface area contributed by atoms with Gasteiger partial charge >= 0.3 is 5.97 Å². The molecule has 1 aliphatic heterocycles. The molecule has 1 saturated heterocycles. The molecule has 1 heterocycles. The average Bonchev–Trinajstić information content (AvgIpc) is 2.47. The predicted octanol–water partition coefficient (Wildman–Crippen LogP) is 2.79. The number of ether oxygens (including phenoxy) is 1. The minimum atomic E-state index is -0.922. The van der Waals surface area contributed by atoms with E-state index >= 15 is 0 Å². The van der Waals surface area contributed by atoms with Gasteiger partial charge in [-0.1, -0.05) is 24.3 Å². The second-order valence-corrected chi connectivity index (χ2v) is 5.56. The van der Waals surface area contributed by atoms with Crippen LogP contribution in [0.2, 0.25) is 0 Å². The molecule has 114 valence electrons. The van der Waals surface area contributed by atoms with E-state index in [0.717, 1.165) is 37.2 Å². The molecule has 21 heavy (non-hydrogen) atoms. The maximum Gasteiger partial charge on any atom is 0.328 e. The van der Waals surface area contributed by atoms with Gasteiger partial charge in [-0.2, -0.15) is 0 Å². The highest BCUT2D eigenvalue weighted by atomic mass is 16.5. The van der Waals surface area contributed by atoms with Crippen LogP contribution in [0.1, 0.15) is 30.4 Å². The second-order valence-electron chi connectivity index (χ2n) is 5.56. The van der Waals surface area contributed by atoms with E-state index in [0.29, 0.717) is 6.10 Å². The van der Waals surface area contributed by atoms with Crippen LogP contribution in [0.4, 0.5) is 0 Å². The maximum atomic E-state index is 10.7. The molecule has 1 aromatic rings. The number of rotatable bonds is 6. The van der Waals surface area contributed by atoms with E-state index < -0.39 is 5.97 Å². The zero-order chi connectivity index (χ0) is 15.1. The van der Waals surface area contributed by atoms with Gasteiger partial charge in [-0.25, -0.2) is 4.79 Å². The summed E-state index contributed by atoms with van der Waals surface area (Å²) in [4.78, 5) is 12.9. The maximum absolute atomic E-state index is 10.7. The Hall–Kier alpha value is -1.65. The van der Waals surface area contributed by atoms with E-state index in [9.17, 15) is 4.79 Å². The van der Waals surface area contributed by atoms with Crippen molar-refractivity contribution in [2.45, 2.75) is 31.9 Å². The summed E-state index contributed by atoms with van der Waals surface area (Å²) in [6.45, 7) is 2.58. The number of hydrogen-bond donors (Lipinski definition) is 1. The summed E-state index contributed by atoms with van der Waals surface area (Å²) in [5.41, 5.74) is 2.09. The normalized spacial score (nSPS) is 19.2. The van der Waals surface area contributed by atoms with Gasteiger partial charge in [-0.3, -0.25) is 4.90 Å². The molecule has 0 spiro atoms. The van der Waals surface area contributed by atoms with Gasteiger partial charge in [0.2, 0.25) is 0 Å². The number of nitrogens with zero attached hydrogens (tertiary/aromatic N) is 1. The molecule has 1 N–H and O–H groups in total. The Morgan fingerprint density at radius 2 is 2.24 bits per heavy atom. The van der Waals surface area contributed by atoms with E-state index in [4.69, 9.17) is 9.84 Å². The van der Waals surface area contributed by atoms with Crippen molar-refractivity contribution in [3.63, 3.8) is 0 Å². The van der Waals surface area contributed by atoms with Crippen LogP contribution in [0.5, 0.6) is 0 Å². The molecule has 1 aromatic carbocycles. The summed E-state index contributed by atoms with van der Waals surface area (Å²) in [5.74, 6) is -0.922. The summed E-state index contributed by atoms with van der Waals surface area (Å²) < 4.78 is 5.76. The highest BCUT2D eigenvalue weighted by molar-refractivity contribution is 5.85.